The number of hydrogen-bond donors (Lipinski definition) is 2. The Kier molecular flexibility index (Phi) is 2.47. The van der Waals surface area contributed by atoms with Gasteiger partial charge < -0.3 is 11.1 Å². The van der Waals surface area contributed by atoms with Gasteiger partial charge in [0.2, 0.25) is 0 Å². The first kappa shape index (κ1) is 10.8. The zero-order chi connectivity index (χ0) is 12.5. The first-order valence-corrected chi connectivity index (χ1v) is 5.78. The third kappa shape index (κ3) is 1.62. The second-order valence-electron chi connectivity index (χ2n) is 4.23. The molecule has 0 bridgehead atoms. The zero-order valence-corrected chi connectivity index (χ0v) is 9.71. The van der Waals surface area contributed by atoms with Gasteiger partial charge in [-0.1, -0.05) is 6.07 Å². The standard InChI is InChI=1S/C12H13N5O/c13-11(18)9-7-16-17-10(3-5-15-12(9)17)8-2-1-4-14-6-8/h1-2,4,6-7,10,15H,3,5H2,(H2,13,18). The number of fused-ring (bicyclic) bond motifs is 1. The van der Waals surface area contributed by atoms with Gasteiger partial charge in [-0.25, -0.2) is 4.68 Å². The number of nitrogens with two attached hydrogens (primary N) is 1. The van der Waals surface area contributed by atoms with Crippen LogP contribution in [-0.4, -0.2) is 27.2 Å². The van der Waals surface area contributed by atoms with Gasteiger partial charge >= 0.3 is 0 Å². The van der Waals surface area contributed by atoms with E-state index in [0.29, 0.717) is 11.4 Å². The number of pyridine rings is 1. The van der Waals surface area contributed by atoms with E-state index in [-0.39, 0.29) is 6.04 Å². The number of aromatic nitrogens is 3. The second-order valence-corrected chi connectivity index (χ2v) is 4.23. The number of carbonyl (C=O) groups is 1. The minimum Gasteiger partial charge on any atom is -0.369 e. The highest BCUT2D eigenvalue weighted by atomic mass is 16.1. The SMILES string of the molecule is NC(=O)c1cnn2c1NCCC2c1cccnc1. The van der Waals surface area contributed by atoms with Crippen LogP contribution in [-0.2, 0) is 0 Å². The summed E-state index contributed by atoms with van der Waals surface area (Å²) >= 11 is 0. The number of anilines is 1. The Morgan fingerprint density at radius 1 is 1.50 bits per heavy atom. The average molecular weight is 243 g/mol. The molecule has 1 amide bonds. The molecule has 92 valence electrons. The number of nitrogens with one attached hydrogen (secondary N) is 1. The lowest BCUT2D eigenvalue weighted by Crippen LogP contribution is -2.26. The van der Waals surface area contributed by atoms with Crippen molar-refractivity contribution in [2.24, 2.45) is 5.73 Å². The average Bonchev–Trinajstić information content (AvgIpc) is 2.83. The largest absolute Gasteiger partial charge is 0.369 e. The number of amides is 1. The van der Waals surface area contributed by atoms with Crippen LogP contribution < -0.4 is 11.1 Å². The maximum Gasteiger partial charge on any atom is 0.254 e. The topological polar surface area (TPSA) is 85.8 Å². The summed E-state index contributed by atoms with van der Waals surface area (Å²) in [5, 5.41) is 7.43. The van der Waals surface area contributed by atoms with Crippen LogP contribution in [0.25, 0.3) is 0 Å². The Morgan fingerprint density at radius 2 is 2.39 bits per heavy atom. The van der Waals surface area contributed by atoms with Crippen molar-refractivity contribution in [2.45, 2.75) is 12.5 Å². The van der Waals surface area contributed by atoms with Crippen molar-refractivity contribution in [3.8, 4) is 0 Å². The van der Waals surface area contributed by atoms with Crippen LogP contribution >= 0.6 is 0 Å². The van der Waals surface area contributed by atoms with E-state index >= 15 is 0 Å². The minimum atomic E-state index is -0.462. The lowest BCUT2D eigenvalue weighted by atomic mass is 10.0. The maximum absolute atomic E-state index is 11.3. The van der Waals surface area contributed by atoms with Crippen molar-refractivity contribution in [3.63, 3.8) is 0 Å². The molecule has 3 heterocycles. The fourth-order valence-corrected chi connectivity index (χ4v) is 2.29. The molecule has 0 aromatic carbocycles. The molecule has 6 heteroatoms. The van der Waals surface area contributed by atoms with Crippen molar-refractivity contribution in [3.05, 3.63) is 41.9 Å². The van der Waals surface area contributed by atoms with Crippen LogP contribution in [0.2, 0.25) is 0 Å². The van der Waals surface area contributed by atoms with Crippen LogP contribution in [0.3, 0.4) is 0 Å². The zero-order valence-electron chi connectivity index (χ0n) is 9.71. The van der Waals surface area contributed by atoms with Crippen molar-refractivity contribution in [2.75, 3.05) is 11.9 Å². The van der Waals surface area contributed by atoms with E-state index in [9.17, 15) is 4.79 Å². The minimum absolute atomic E-state index is 0.100. The van der Waals surface area contributed by atoms with E-state index in [4.69, 9.17) is 5.73 Å². The van der Waals surface area contributed by atoms with Gasteiger partial charge in [-0.05, 0) is 18.1 Å². The number of carbonyl (C=O) groups excluding carboxylic acids is 1. The number of hydrogen-bond acceptors (Lipinski definition) is 4. The molecule has 1 atom stereocenters. The van der Waals surface area contributed by atoms with Gasteiger partial charge in [0.25, 0.3) is 5.91 Å². The lowest BCUT2D eigenvalue weighted by Gasteiger charge is -2.26. The first-order valence-electron chi connectivity index (χ1n) is 5.78. The predicted molar refractivity (Wildman–Crippen MR) is 66.2 cm³/mol. The number of nitrogens with zero attached hydrogens (tertiary/aromatic N) is 3. The van der Waals surface area contributed by atoms with Gasteiger partial charge in [0.1, 0.15) is 11.4 Å². The quantitative estimate of drug-likeness (QED) is 0.816. The van der Waals surface area contributed by atoms with Crippen molar-refractivity contribution in [1.82, 2.24) is 14.8 Å². The Hall–Kier alpha value is -2.37. The van der Waals surface area contributed by atoms with Crippen LogP contribution in [0.1, 0.15) is 28.4 Å². The Morgan fingerprint density at radius 3 is 3.11 bits per heavy atom. The molecule has 0 saturated heterocycles. The van der Waals surface area contributed by atoms with E-state index in [1.807, 2.05) is 18.3 Å². The molecule has 1 aliphatic heterocycles. The second kappa shape index (κ2) is 4.14. The van der Waals surface area contributed by atoms with Gasteiger partial charge in [-0.2, -0.15) is 5.10 Å². The highest BCUT2D eigenvalue weighted by molar-refractivity contribution is 5.97. The molecular weight excluding hydrogens is 230 g/mol. The molecule has 3 N–H and O–H groups in total. The van der Waals surface area contributed by atoms with Gasteiger partial charge in [0.05, 0.1) is 12.2 Å². The first-order chi connectivity index (χ1) is 8.77. The molecule has 0 spiro atoms. The van der Waals surface area contributed by atoms with E-state index in [1.165, 1.54) is 6.20 Å². The molecule has 0 saturated carbocycles. The molecule has 2 aromatic heterocycles. The van der Waals surface area contributed by atoms with Crippen LogP contribution in [0, 0.1) is 0 Å². The summed E-state index contributed by atoms with van der Waals surface area (Å²) in [6.07, 6.45) is 5.98. The third-order valence-electron chi connectivity index (χ3n) is 3.14. The predicted octanol–water partition coefficient (Wildman–Crippen LogP) is 0.782. The molecule has 0 fully saturated rings. The molecule has 18 heavy (non-hydrogen) atoms. The van der Waals surface area contributed by atoms with E-state index in [1.54, 1.807) is 10.9 Å². The van der Waals surface area contributed by atoms with E-state index < -0.39 is 5.91 Å². The highest BCUT2D eigenvalue weighted by Gasteiger charge is 2.26. The molecule has 6 nitrogen and oxygen atoms in total. The highest BCUT2D eigenvalue weighted by Crippen LogP contribution is 2.30. The molecule has 0 aliphatic carbocycles. The number of primary amides is 1. The van der Waals surface area contributed by atoms with Crippen molar-refractivity contribution in [1.29, 1.82) is 0 Å². The smallest absolute Gasteiger partial charge is 0.254 e. The van der Waals surface area contributed by atoms with E-state index in [0.717, 1.165) is 18.5 Å². The fraction of sp³-hybridized carbons (Fsp3) is 0.250. The third-order valence-corrected chi connectivity index (χ3v) is 3.14. The monoisotopic (exact) mass is 243 g/mol. The van der Waals surface area contributed by atoms with Crippen molar-refractivity contribution < 1.29 is 4.79 Å². The van der Waals surface area contributed by atoms with Gasteiger partial charge in [0.15, 0.2) is 0 Å². The Labute approximate surface area is 104 Å². The molecule has 0 radical (unpaired) electrons. The van der Waals surface area contributed by atoms with Crippen LogP contribution in [0.4, 0.5) is 5.82 Å². The molecular formula is C12H13N5O. The summed E-state index contributed by atoms with van der Waals surface area (Å²) in [6, 6.07) is 4.01. The lowest BCUT2D eigenvalue weighted by molar-refractivity contribution is 0.100. The summed E-state index contributed by atoms with van der Waals surface area (Å²) in [6.45, 7) is 0.783. The Balaban J connectivity index is 2.06. The van der Waals surface area contributed by atoms with E-state index in [2.05, 4.69) is 15.4 Å². The molecule has 3 rings (SSSR count). The van der Waals surface area contributed by atoms with Gasteiger partial charge in [0, 0.05) is 18.9 Å². The fourth-order valence-electron chi connectivity index (χ4n) is 2.29. The molecule has 2 aromatic rings. The molecule has 1 unspecified atom stereocenters. The normalized spacial score (nSPS) is 17.9. The maximum atomic E-state index is 11.3. The summed E-state index contributed by atoms with van der Waals surface area (Å²) < 4.78 is 1.81. The van der Waals surface area contributed by atoms with Crippen LogP contribution in [0.5, 0.6) is 0 Å². The summed E-state index contributed by atoms with van der Waals surface area (Å²) in [5.74, 6) is 0.234. The number of rotatable bonds is 2. The van der Waals surface area contributed by atoms with Crippen molar-refractivity contribution >= 4 is 11.7 Å². The van der Waals surface area contributed by atoms with Gasteiger partial charge in [-0.15, -0.1) is 0 Å². The summed E-state index contributed by atoms with van der Waals surface area (Å²) in [7, 11) is 0. The molecule has 1 aliphatic rings. The summed E-state index contributed by atoms with van der Waals surface area (Å²) in [4.78, 5) is 15.4. The summed E-state index contributed by atoms with van der Waals surface area (Å²) in [5.41, 5.74) is 6.84. The Bertz CT molecular complexity index is 577. The van der Waals surface area contributed by atoms with Crippen LogP contribution in [0.15, 0.2) is 30.7 Å². The van der Waals surface area contributed by atoms with Gasteiger partial charge in [-0.3, -0.25) is 9.78 Å².